The van der Waals surface area contributed by atoms with Crippen molar-refractivity contribution in [2.75, 3.05) is 0 Å². The standard InChI is InChI=1S/C15H18N2O3S/c1-9(16-17-14(20)12-5-4-6-21-12)13-10(18)7-15(2,3)8-11(13)19/h4-6,18H,7-8H2,1-3H3,(H,17,20). The number of carbonyl (C=O) groups excluding carboxylic acids is 2. The van der Waals surface area contributed by atoms with Crippen molar-refractivity contribution < 1.29 is 14.7 Å². The van der Waals surface area contributed by atoms with Crippen LogP contribution in [0.15, 0.2) is 33.9 Å². The summed E-state index contributed by atoms with van der Waals surface area (Å²) in [6.45, 7) is 5.47. The number of ketones is 1. The van der Waals surface area contributed by atoms with Crippen LogP contribution in [0.3, 0.4) is 0 Å². The summed E-state index contributed by atoms with van der Waals surface area (Å²) in [7, 11) is 0. The van der Waals surface area contributed by atoms with Crippen molar-refractivity contribution in [3.8, 4) is 0 Å². The number of allylic oxidation sites excluding steroid dienone is 2. The Labute approximate surface area is 127 Å². The number of hydrazone groups is 1. The van der Waals surface area contributed by atoms with E-state index < -0.39 is 0 Å². The average molecular weight is 306 g/mol. The fraction of sp³-hybridized carbons (Fsp3) is 0.400. The van der Waals surface area contributed by atoms with E-state index in [1.54, 1.807) is 24.4 Å². The van der Waals surface area contributed by atoms with E-state index in [2.05, 4.69) is 10.5 Å². The number of Topliss-reactive ketones (excluding diaryl/α,β-unsaturated/α-hetero) is 1. The normalized spacial score (nSPS) is 18.8. The molecule has 1 aliphatic rings. The van der Waals surface area contributed by atoms with Gasteiger partial charge in [0.25, 0.3) is 5.91 Å². The van der Waals surface area contributed by atoms with Crippen LogP contribution in [0.4, 0.5) is 0 Å². The van der Waals surface area contributed by atoms with Crippen molar-refractivity contribution in [2.24, 2.45) is 10.5 Å². The fourth-order valence-corrected chi connectivity index (χ4v) is 2.97. The summed E-state index contributed by atoms with van der Waals surface area (Å²) in [5.74, 6) is -0.425. The molecule has 6 heteroatoms. The number of amides is 1. The first-order valence-corrected chi connectivity index (χ1v) is 7.52. The maximum atomic E-state index is 12.1. The fourth-order valence-electron chi connectivity index (χ4n) is 2.35. The zero-order chi connectivity index (χ0) is 15.6. The van der Waals surface area contributed by atoms with Crippen LogP contribution in [0.25, 0.3) is 0 Å². The SMILES string of the molecule is CC(=NNC(=O)c1cccs1)C1=C(O)CC(C)(C)CC1=O. The van der Waals surface area contributed by atoms with Crippen molar-refractivity contribution >= 4 is 28.7 Å². The second-order valence-electron chi connectivity index (χ2n) is 5.88. The molecule has 2 rings (SSSR count). The monoisotopic (exact) mass is 306 g/mol. The number of nitrogens with one attached hydrogen (secondary N) is 1. The quantitative estimate of drug-likeness (QED) is 0.665. The minimum atomic E-state index is -0.326. The first-order chi connectivity index (χ1) is 9.80. The molecule has 0 atom stereocenters. The number of hydrogen-bond acceptors (Lipinski definition) is 5. The van der Waals surface area contributed by atoms with Gasteiger partial charge in [0.2, 0.25) is 0 Å². The highest BCUT2D eigenvalue weighted by atomic mass is 32.1. The van der Waals surface area contributed by atoms with Gasteiger partial charge in [-0.05, 0) is 23.8 Å². The topological polar surface area (TPSA) is 78.8 Å². The minimum Gasteiger partial charge on any atom is -0.511 e. The smallest absolute Gasteiger partial charge is 0.281 e. The third kappa shape index (κ3) is 3.58. The Kier molecular flexibility index (Phi) is 4.27. The summed E-state index contributed by atoms with van der Waals surface area (Å²) in [5, 5.41) is 15.8. The van der Waals surface area contributed by atoms with E-state index >= 15 is 0 Å². The van der Waals surface area contributed by atoms with E-state index in [0.29, 0.717) is 23.4 Å². The summed E-state index contributed by atoms with van der Waals surface area (Å²) >= 11 is 1.31. The van der Waals surface area contributed by atoms with Gasteiger partial charge in [-0.2, -0.15) is 5.10 Å². The summed E-state index contributed by atoms with van der Waals surface area (Å²) in [6, 6.07) is 3.47. The van der Waals surface area contributed by atoms with Crippen LogP contribution >= 0.6 is 11.3 Å². The van der Waals surface area contributed by atoms with Crippen LogP contribution < -0.4 is 5.43 Å². The first kappa shape index (κ1) is 15.4. The van der Waals surface area contributed by atoms with Gasteiger partial charge in [0.05, 0.1) is 16.2 Å². The summed E-state index contributed by atoms with van der Waals surface area (Å²) in [4.78, 5) is 24.5. The molecule has 0 saturated heterocycles. The number of aliphatic hydroxyl groups is 1. The zero-order valence-corrected chi connectivity index (χ0v) is 13.1. The van der Waals surface area contributed by atoms with Gasteiger partial charge in [-0.25, -0.2) is 5.43 Å². The highest BCUT2D eigenvalue weighted by Crippen LogP contribution is 2.35. The minimum absolute atomic E-state index is 0.0443. The molecule has 1 aromatic heterocycles. The second-order valence-corrected chi connectivity index (χ2v) is 6.83. The number of aliphatic hydroxyl groups excluding tert-OH is 1. The van der Waals surface area contributed by atoms with Crippen LogP contribution in [0.2, 0.25) is 0 Å². The Morgan fingerprint density at radius 2 is 2.14 bits per heavy atom. The molecule has 1 aliphatic carbocycles. The lowest BCUT2D eigenvalue weighted by atomic mass is 9.76. The Balaban J connectivity index is 2.15. The average Bonchev–Trinajstić information content (AvgIpc) is 2.87. The molecule has 1 amide bonds. The van der Waals surface area contributed by atoms with Crippen molar-refractivity contribution in [3.05, 3.63) is 33.7 Å². The molecule has 112 valence electrons. The predicted octanol–water partition coefficient (Wildman–Crippen LogP) is 3.06. The molecule has 0 unspecified atom stereocenters. The summed E-state index contributed by atoms with van der Waals surface area (Å²) < 4.78 is 0. The predicted molar refractivity (Wildman–Crippen MR) is 82.6 cm³/mol. The van der Waals surface area contributed by atoms with Gasteiger partial charge in [-0.3, -0.25) is 9.59 Å². The van der Waals surface area contributed by atoms with E-state index in [4.69, 9.17) is 0 Å². The van der Waals surface area contributed by atoms with Gasteiger partial charge in [-0.1, -0.05) is 19.9 Å². The lowest BCUT2D eigenvalue weighted by molar-refractivity contribution is -0.117. The molecule has 0 aliphatic heterocycles. The van der Waals surface area contributed by atoms with Crippen LogP contribution in [0.1, 0.15) is 43.3 Å². The molecule has 0 fully saturated rings. The highest BCUT2D eigenvalue weighted by molar-refractivity contribution is 7.12. The van der Waals surface area contributed by atoms with Crippen LogP contribution in [0, 0.1) is 5.41 Å². The molecular weight excluding hydrogens is 288 g/mol. The molecule has 1 heterocycles. The second kappa shape index (κ2) is 5.81. The zero-order valence-electron chi connectivity index (χ0n) is 12.3. The molecule has 21 heavy (non-hydrogen) atoms. The van der Waals surface area contributed by atoms with Gasteiger partial charge in [0, 0.05) is 12.8 Å². The summed E-state index contributed by atoms with van der Waals surface area (Å²) in [6.07, 6.45) is 0.790. The van der Waals surface area contributed by atoms with Crippen LogP contribution in [-0.4, -0.2) is 22.5 Å². The van der Waals surface area contributed by atoms with E-state index in [1.807, 2.05) is 13.8 Å². The maximum Gasteiger partial charge on any atom is 0.281 e. The van der Waals surface area contributed by atoms with Gasteiger partial charge in [0.15, 0.2) is 5.78 Å². The number of nitrogens with zero attached hydrogens (tertiary/aromatic N) is 1. The van der Waals surface area contributed by atoms with E-state index in [0.717, 1.165) is 0 Å². The van der Waals surface area contributed by atoms with Crippen molar-refractivity contribution in [3.63, 3.8) is 0 Å². The lowest BCUT2D eigenvalue weighted by Gasteiger charge is -2.29. The molecule has 1 aromatic rings. The number of hydrogen-bond donors (Lipinski definition) is 2. The van der Waals surface area contributed by atoms with Crippen LogP contribution in [-0.2, 0) is 4.79 Å². The number of thiophene rings is 1. The lowest BCUT2D eigenvalue weighted by Crippen LogP contribution is -2.29. The van der Waals surface area contributed by atoms with Gasteiger partial charge < -0.3 is 5.11 Å². The van der Waals surface area contributed by atoms with E-state index in [-0.39, 0.29) is 28.4 Å². The number of rotatable bonds is 3. The van der Waals surface area contributed by atoms with Gasteiger partial charge >= 0.3 is 0 Å². The largest absolute Gasteiger partial charge is 0.511 e. The summed E-state index contributed by atoms with van der Waals surface area (Å²) in [5.41, 5.74) is 2.72. The molecule has 2 N–H and O–H groups in total. The molecule has 0 spiro atoms. The van der Waals surface area contributed by atoms with E-state index in [1.165, 1.54) is 11.3 Å². The molecular formula is C15H18N2O3S. The Morgan fingerprint density at radius 1 is 1.43 bits per heavy atom. The van der Waals surface area contributed by atoms with Crippen molar-refractivity contribution in [1.82, 2.24) is 5.43 Å². The Bertz CT molecular complexity index is 627. The Morgan fingerprint density at radius 3 is 2.71 bits per heavy atom. The van der Waals surface area contributed by atoms with Crippen molar-refractivity contribution in [1.29, 1.82) is 0 Å². The first-order valence-electron chi connectivity index (χ1n) is 6.64. The molecule has 0 radical (unpaired) electrons. The van der Waals surface area contributed by atoms with Crippen LogP contribution in [0.5, 0.6) is 0 Å². The highest BCUT2D eigenvalue weighted by Gasteiger charge is 2.34. The number of carbonyl (C=O) groups is 2. The Hall–Kier alpha value is -1.95. The van der Waals surface area contributed by atoms with Gasteiger partial charge in [0.1, 0.15) is 5.76 Å². The third-order valence-electron chi connectivity index (χ3n) is 3.28. The molecule has 0 aromatic carbocycles. The van der Waals surface area contributed by atoms with Gasteiger partial charge in [-0.15, -0.1) is 11.3 Å². The van der Waals surface area contributed by atoms with E-state index in [9.17, 15) is 14.7 Å². The molecule has 0 saturated carbocycles. The van der Waals surface area contributed by atoms with Crippen molar-refractivity contribution in [2.45, 2.75) is 33.6 Å². The molecule has 5 nitrogen and oxygen atoms in total. The third-order valence-corrected chi connectivity index (χ3v) is 4.15. The molecule has 0 bridgehead atoms. The maximum absolute atomic E-state index is 12.1.